The number of ketones is 1. The summed E-state index contributed by atoms with van der Waals surface area (Å²) in [4.78, 5) is 18.7. The minimum atomic E-state index is 0.330. The Balaban J connectivity index is 1.59. The standard InChI is InChI=1S/C16H22N2O/c19-16-7-1-5-14(16)15-6-3-10-18(15)11-8-13-4-2-9-17-12-13/h2,4,9,12,14-15H,1,3,5-8,10-11H2. The molecule has 1 saturated heterocycles. The quantitative estimate of drug-likeness (QED) is 0.831. The first-order chi connectivity index (χ1) is 9.34. The molecule has 0 amide bonds. The van der Waals surface area contributed by atoms with E-state index < -0.39 is 0 Å². The smallest absolute Gasteiger partial charge is 0.137 e. The molecule has 2 aliphatic rings. The number of rotatable bonds is 4. The first kappa shape index (κ1) is 12.8. The summed E-state index contributed by atoms with van der Waals surface area (Å²) in [6.45, 7) is 2.23. The molecule has 0 N–H and O–H groups in total. The van der Waals surface area contributed by atoms with Gasteiger partial charge in [-0.3, -0.25) is 14.7 Å². The lowest BCUT2D eigenvalue weighted by molar-refractivity contribution is -0.122. The second-order valence-electron chi connectivity index (χ2n) is 5.82. The Morgan fingerprint density at radius 2 is 2.26 bits per heavy atom. The topological polar surface area (TPSA) is 33.2 Å². The molecule has 1 aliphatic heterocycles. The molecule has 3 heteroatoms. The zero-order chi connectivity index (χ0) is 13.1. The zero-order valence-electron chi connectivity index (χ0n) is 11.4. The first-order valence-electron chi connectivity index (χ1n) is 7.50. The highest BCUT2D eigenvalue weighted by molar-refractivity contribution is 5.83. The molecule has 0 radical (unpaired) electrons. The normalized spacial score (nSPS) is 28.1. The van der Waals surface area contributed by atoms with E-state index in [1.54, 1.807) is 0 Å². The van der Waals surface area contributed by atoms with E-state index in [2.05, 4.69) is 16.0 Å². The monoisotopic (exact) mass is 258 g/mol. The van der Waals surface area contributed by atoms with Crippen LogP contribution in [-0.4, -0.2) is 34.8 Å². The van der Waals surface area contributed by atoms with Gasteiger partial charge in [0.2, 0.25) is 0 Å². The highest BCUT2D eigenvalue weighted by Crippen LogP contribution is 2.33. The largest absolute Gasteiger partial charge is 0.299 e. The van der Waals surface area contributed by atoms with Crippen LogP contribution in [0.25, 0.3) is 0 Å². The molecule has 2 heterocycles. The molecule has 0 bridgehead atoms. The van der Waals surface area contributed by atoms with E-state index in [9.17, 15) is 4.79 Å². The molecule has 1 aliphatic carbocycles. The van der Waals surface area contributed by atoms with Crippen LogP contribution in [0.1, 0.15) is 37.7 Å². The summed E-state index contributed by atoms with van der Waals surface area (Å²) in [6, 6.07) is 4.66. The molecule has 19 heavy (non-hydrogen) atoms. The van der Waals surface area contributed by atoms with Gasteiger partial charge in [0, 0.05) is 37.3 Å². The third-order valence-electron chi connectivity index (χ3n) is 4.64. The molecular formula is C16H22N2O. The van der Waals surface area contributed by atoms with Crippen LogP contribution in [0, 0.1) is 5.92 Å². The number of carbonyl (C=O) groups excluding carboxylic acids is 1. The molecule has 2 atom stereocenters. The summed E-state index contributed by atoms with van der Waals surface area (Å²) in [6.07, 6.45) is 10.3. The van der Waals surface area contributed by atoms with Crippen LogP contribution in [0.15, 0.2) is 24.5 Å². The van der Waals surface area contributed by atoms with Gasteiger partial charge in [0.25, 0.3) is 0 Å². The summed E-state index contributed by atoms with van der Waals surface area (Å²) in [5.74, 6) is 0.842. The van der Waals surface area contributed by atoms with Crippen molar-refractivity contribution >= 4 is 5.78 Å². The Hall–Kier alpha value is -1.22. The number of aromatic nitrogens is 1. The first-order valence-corrected chi connectivity index (χ1v) is 7.50. The van der Waals surface area contributed by atoms with Gasteiger partial charge < -0.3 is 0 Å². The van der Waals surface area contributed by atoms with E-state index >= 15 is 0 Å². The van der Waals surface area contributed by atoms with Crippen molar-refractivity contribution in [2.24, 2.45) is 5.92 Å². The van der Waals surface area contributed by atoms with Gasteiger partial charge in [-0.2, -0.15) is 0 Å². The van der Waals surface area contributed by atoms with Crippen LogP contribution >= 0.6 is 0 Å². The number of Topliss-reactive ketones (excluding diaryl/α,β-unsaturated/α-hetero) is 1. The minimum Gasteiger partial charge on any atom is -0.299 e. The van der Waals surface area contributed by atoms with Gasteiger partial charge in [-0.25, -0.2) is 0 Å². The van der Waals surface area contributed by atoms with Crippen molar-refractivity contribution in [3.8, 4) is 0 Å². The Labute approximate surface area is 115 Å². The fraction of sp³-hybridized carbons (Fsp3) is 0.625. The van der Waals surface area contributed by atoms with E-state index in [0.29, 0.717) is 17.7 Å². The molecule has 1 aromatic heterocycles. The summed E-state index contributed by atoms with van der Waals surface area (Å²) in [5.41, 5.74) is 1.30. The molecule has 3 nitrogen and oxygen atoms in total. The predicted molar refractivity (Wildman–Crippen MR) is 74.9 cm³/mol. The lowest BCUT2D eigenvalue weighted by Gasteiger charge is -2.28. The average molecular weight is 258 g/mol. The van der Waals surface area contributed by atoms with Gasteiger partial charge in [0.15, 0.2) is 0 Å². The molecule has 1 saturated carbocycles. The Kier molecular flexibility index (Phi) is 3.92. The fourth-order valence-corrected chi connectivity index (χ4v) is 3.65. The SMILES string of the molecule is O=C1CCCC1C1CCCN1CCc1cccnc1. The van der Waals surface area contributed by atoms with E-state index in [4.69, 9.17) is 0 Å². The van der Waals surface area contributed by atoms with Gasteiger partial charge in [-0.15, -0.1) is 0 Å². The number of hydrogen-bond donors (Lipinski definition) is 0. The summed E-state index contributed by atoms with van der Waals surface area (Å²) >= 11 is 0. The molecule has 0 spiro atoms. The van der Waals surface area contributed by atoms with Crippen molar-refractivity contribution in [1.82, 2.24) is 9.88 Å². The molecule has 2 unspecified atom stereocenters. The average Bonchev–Trinajstić information content (AvgIpc) is 3.05. The van der Waals surface area contributed by atoms with Crippen molar-refractivity contribution in [2.45, 2.75) is 44.6 Å². The molecule has 102 valence electrons. The van der Waals surface area contributed by atoms with Crippen molar-refractivity contribution < 1.29 is 4.79 Å². The van der Waals surface area contributed by atoms with E-state index in [0.717, 1.165) is 38.8 Å². The highest BCUT2D eigenvalue weighted by atomic mass is 16.1. The molecule has 1 aromatic rings. The number of hydrogen-bond acceptors (Lipinski definition) is 3. The van der Waals surface area contributed by atoms with Crippen molar-refractivity contribution in [3.05, 3.63) is 30.1 Å². The minimum absolute atomic E-state index is 0.330. The number of likely N-dealkylation sites (tertiary alicyclic amines) is 1. The van der Waals surface area contributed by atoms with Gasteiger partial charge >= 0.3 is 0 Å². The van der Waals surface area contributed by atoms with Crippen molar-refractivity contribution in [2.75, 3.05) is 13.1 Å². The maximum Gasteiger partial charge on any atom is 0.137 e. The van der Waals surface area contributed by atoms with Crippen LogP contribution in [0.2, 0.25) is 0 Å². The van der Waals surface area contributed by atoms with Crippen LogP contribution in [0.4, 0.5) is 0 Å². The van der Waals surface area contributed by atoms with Gasteiger partial charge in [0.1, 0.15) is 5.78 Å². The van der Waals surface area contributed by atoms with E-state index in [1.807, 2.05) is 18.5 Å². The van der Waals surface area contributed by atoms with Gasteiger partial charge in [-0.1, -0.05) is 6.07 Å². The zero-order valence-corrected chi connectivity index (χ0v) is 11.4. The summed E-state index contributed by atoms with van der Waals surface area (Å²) in [5, 5.41) is 0. The molecular weight excluding hydrogens is 236 g/mol. The maximum absolute atomic E-state index is 11.9. The maximum atomic E-state index is 11.9. The Morgan fingerprint density at radius 1 is 1.32 bits per heavy atom. The fourth-order valence-electron chi connectivity index (χ4n) is 3.65. The second-order valence-corrected chi connectivity index (χ2v) is 5.82. The van der Waals surface area contributed by atoms with Crippen molar-refractivity contribution in [3.63, 3.8) is 0 Å². The van der Waals surface area contributed by atoms with Crippen LogP contribution in [0.3, 0.4) is 0 Å². The predicted octanol–water partition coefficient (Wildman–Crippen LogP) is 2.46. The van der Waals surface area contributed by atoms with Crippen molar-refractivity contribution in [1.29, 1.82) is 0 Å². The Morgan fingerprint density at radius 3 is 3.00 bits per heavy atom. The van der Waals surface area contributed by atoms with Gasteiger partial charge in [0.05, 0.1) is 0 Å². The van der Waals surface area contributed by atoms with Crippen LogP contribution < -0.4 is 0 Å². The lowest BCUT2D eigenvalue weighted by atomic mass is 9.95. The number of carbonyl (C=O) groups is 1. The summed E-state index contributed by atoms with van der Waals surface area (Å²) < 4.78 is 0. The second kappa shape index (κ2) is 5.83. The van der Waals surface area contributed by atoms with Gasteiger partial charge in [-0.05, 0) is 50.3 Å². The molecule has 0 aromatic carbocycles. The lowest BCUT2D eigenvalue weighted by Crippen LogP contribution is -2.38. The third-order valence-corrected chi connectivity index (χ3v) is 4.64. The Bertz CT molecular complexity index is 432. The third kappa shape index (κ3) is 2.86. The molecule has 2 fully saturated rings. The number of pyridine rings is 1. The van der Waals surface area contributed by atoms with Crippen LogP contribution in [0.5, 0.6) is 0 Å². The number of nitrogens with zero attached hydrogens (tertiary/aromatic N) is 2. The van der Waals surface area contributed by atoms with E-state index in [1.165, 1.54) is 18.4 Å². The highest BCUT2D eigenvalue weighted by Gasteiger charge is 2.37. The summed E-state index contributed by atoms with van der Waals surface area (Å²) in [7, 11) is 0. The van der Waals surface area contributed by atoms with Crippen LogP contribution in [-0.2, 0) is 11.2 Å². The van der Waals surface area contributed by atoms with E-state index in [-0.39, 0.29) is 0 Å². The molecule has 3 rings (SSSR count).